The molecule has 0 radical (unpaired) electrons. The Morgan fingerprint density at radius 3 is 2.65 bits per heavy atom. The van der Waals surface area contributed by atoms with Gasteiger partial charge in [0.15, 0.2) is 5.96 Å². The van der Waals surface area contributed by atoms with E-state index >= 15 is 0 Å². The van der Waals surface area contributed by atoms with Crippen LogP contribution in [0.15, 0.2) is 53.5 Å². The van der Waals surface area contributed by atoms with Gasteiger partial charge in [0.2, 0.25) is 5.90 Å². The van der Waals surface area contributed by atoms with E-state index in [4.69, 9.17) is 20.6 Å². The van der Waals surface area contributed by atoms with E-state index in [0.717, 1.165) is 11.6 Å². The van der Waals surface area contributed by atoms with Crippen molar-refractivity contribution in [2.24, 2.45) is 10.7 Å². The van der Waals surface area contributed by atoms with Crippen molar-refractivity contribution in [2.75, 3.05) is 20.3 Å². The minimum atomic E-state index is -4.54. The number of nitrogens with one attached hydrogen (secondary N) is 1. The van der Waals surface area contributed by atoms with E-state index in [1.165, 1.54) is 11.0 Å². The molecule has 2 heterocycles. The number of aliphatic hydroxyl groups is 1. The number of methoxy groups -OCH3 is 1. The fourth-order valence-electron chi connectivity index (χ4n) is 4.66. The second kappa shape index (κ2) is 11.2. The molecule has 2 aromatic carbocycles. The average Bonchev–Trinajstić information content (AvgIpc) is 3.24. The SMILES string of the molecule is COc1ccc(CCc2ccc(C3=C\CCCO/C([C@@H]4[C@@H](O)CCN4C(=N)N)=N\3)cc2C(F)(F)F)cc1. The van der Waals surface area contributed by atoms with Crippen molar-refractivity contribution in [3.63, 3.8) is 0 Å². The fourth-order valence-corrected chi connectivity index (χ4v) is 4.66. The van der Waals surface area contributed by atoms with Crippen molar-refractivity contribution in [1.82, 2.24) is 4.90 Å². The van der Waals surface area contributed by atoms with Crippen LogP contribution < -0.4 is 10.5 Å². The maximum absolute atomic E-state index is 14.1. The standard InChI is InChI=1S/C27H31F3N4O3/c1-36-20-11-6-17(7-12-20)5-8-18-9-10-19(16-21(18)27(28,29)30)22-4-2-3-15-37-25(33-22)24-23(35)13-14-34(24)26(31)32/h4,6-7,9-12,16,23-24,35H,2-3,5,8,13-15H2,1H3,(H3,31,32)/b22-4+,33-25-/t23-,24-/m0/s1. The van der Waals surface area contributed by atoms with Crippen LogP contribution >= 0.6 is 0 Å². The molecule has 10 heteroatoms. The zero-order valence-corrected chi connectivity index (χ0v) is 20.6. The number of alkyl halides is 3. The summed E-state index contributed by atoms with van der Waals surface area (Å²) >= 11 is 0. The number of rotatable bonds is 6. The summed E-state index contributed by atoms with van der Waals surface area (Å²) in [6.45, 7) is 0.708. The zero-order chi connectivity index (χ0) is 26.6. The van der Waals surface area contributed by atoms with Crippen LogP contribution in [0.3, 0.4) is 0 Å². The molecular weight excluding hydrogens is 485 g/mol. The summed E-state index contributed by atoms with van der Waals surface area (Å²) in [5, 5.41) is 18.3. The van der Waals surface area contributed by atoms with E-state index in [9.17, 15) is 18.3 Å². The van der Waals surface area contributed by atoms with Gasteiger partial charge in [-0.3, -0.25) is 5.41 Å². The third-order valence-electron chi connectivity index (χ3n) is 6.65. The van der Waals surface area contributed by atoms with Crippen molar-refractivity contribution >= 4 is 17.6 Å². The molecule has 0 saturated carbocycles. The highest BCUT2D eigenvalue weighted by Crippen LogP contribution is 2.35. The number of guanidine groups is 1. The minimum Gasteiger partial charge on any atom is -0.497 e. The predicted molar refractivity (Wildman–Crippen MR) is 135 cm³/mol. The molecule has 2 aliphatic rings. The van der Waals surface area contributed by atoms with Crippen LogP contribution in [0.4, 0.5) is 13.2 Å². The lowest BCUT2D eigenvalue weighted by Crippen LogP contribution is -2.48. The van der Waals surface area contributed by atoms with Gasteiger partial charge >= 0.3 is 6.18 Å². The molecule has 2 aliphatic heterocycles. The number of aryl methyl sites for hydroxylation is 2. The first-order valence-electron chi connectivity index (χ1n) is 12.2. The van der Waals surface area contributed by atoms with Crippen LogP contribution in [0.2, 0.25) is 0 Å². The molecule has 0 spiro atoms. The van der Waals surface area contributed by atoms with Gasteiger partial charge < -0.3 is 25.2 Å². The third-order valence-corrected chi connectivity index (χ3v) is 6.65. The number of nitrogens with zero attached hydrogens (tertiary/aromatic N) is 2. The number of hydrogen-bond acceptors (Lipinski definition) is 5. The van der Waals surface area contributed by atoms with Gasteiger partial charge in [-0.25, -0.2) is 4.99 Å². The molecular formula is C27H31F3N4O3. The number of hydrogen-bond donors (Lipinski definition) is 3. The number of likely N-dealkylation sites (tertiary alicyclic amines) is 1. The summed E-state index contributed by atoms with van der Waals surface area (Å²) in [7, 11) is 1.56. The highest BCUT2D eigenvalue weighted by atomic mass is 19.4. The topological polar surface area (TPSA) is 104 Å². The lowest BCUT2D eigenvalue weighted by molar-refractivity contribution is -0.138. The van der Waals surface area contributed by atoms with Crippen molar-refractivity contribution < 1.29 is 27.8 Å². The Bertz CT molecular complexity index is 1180. The van der Waals surface area contributed by atoms with E-state index in [-0.39, 0.29) is 23.8 Å². The number of aliphatic imine (C=N–C) groups is 1. The van der Waals surface area contributed by atoms with Gasteiger partial charge in [-0.2, -0.15) is 13.2 Å². The summed E-state index contributed by atoms with van der Waals surface area (Å²) in [6.07, 6.45) is -1.33. The minimum absolute atomic E-state index is 0.156. The van der Waals surface area contributed by atoms with E-state index in [1.54, 1.807) is 31.4 Å². The van der Waals surface area contributed by atoms with Crippen LogP contribution in [-0.2, 0) is 23.8 Å². The molecule has 198 valence electrons. The van der Waals surface area contributed by atoms with Crippen molar-refractivity contribution in [2.45, 2.75) is 50.4 Å². The molecule has 7 nitrogen and oxygen atoms in total. The van der Waals surface area contributed by atoms with Gasteiger partial charge in [0.25, 0.3) is 0 Å². The first-order valence-corrected chi connectivity index (χ1v) is 12.2. The van der Waals surface area contributed by atoms with E-state index in [0.29, 0.717) is 55.8 Å². The summed E-state index contributed by atoms with van der Waals surface area (Å²) in [4.78, 5) is 6.05. The summed E-state index contributed by atoms with van der Waals surface area (Å²) in [6, 6.07) is 10.8. The van der Waals surface area contributed by atoms with Gasteiger partial charge in [0.05, 0.1) is 31.1 Å². The Hall–Kier alpha value is -3.53. The van der Waals surface area contributed by atoms with Crippen LogP contribution in [0, 0.1) is 5.41 Å². The second-order valence-corrected chi connectivity index (χ2v) is 9.13. The van der Waals surface area contributed by atoms with Crippen LogP contribution in [0.1, 0.15) is 41.5 Å². The molecule has 0 amide bonds. The molecule has 4 N–H and O–H groups in total. The lowest BCUT2D eigenvalue weighted by Gasteiger charge is -2.28. The molecule has 0 aromatic heterocycles. The summed E-state index contributed by atoms with van der Waals surface area (Å²) in [5.41, 5.74) is 6.74. The van der Waals surface area contributed by atoms with Gasteiger partial charge in [-0.05, 0) is 61.4 Å². The molecule has 0 aliphatic carbocycles. The van der Waals surface area contributed by atoms with Crippen LogP contribution in [0.25, 0.3) is 5.70 Å². The quantitative estimate of drug-likeness (QED) is 0.391. The Balaban J connectivity index is 1.64. The Labute approximate surface area is 213 Å². The smallest absolute Gasteiger partial charge is 0.416 e. The van der Waals surface area contributed by atoms with Gasteiger partial charge in [-0.15, -0.1) is 0 Å². The van der Waals surface area contributed by atoms with Gasteiger partial charge in [0.1, 0.15) is 11.8 Å². The summed E-state index contributed by atoms with van der Waals surface area (Å²) in [5.74, 6) is 0.626. The van der Waals surface area contributed by atoms with Crippen LogP contribution in [0.5, 0.6) is 5.75 Å². The fraction of sp³-hybridized carbons (Fsp3) is 0.407. The Morgan fingerprint density at radius 1 is 1.22 bits per heavy atom. The molecule has 1 saturated heterocycles. The number of allylic oxidation sites excluding steroid dienone is 1. The molecule has 1 fully saturated rings. The van der Waals surface area contributed by atoms with Crippen molar-refractivity contribution in [3.05, 3.63) is 70.8 Å². The number of aliphatic hydroxyl groups excluding tert-OH is 1. The second-order valence-electron chi connectivity index (χ2n) is 9.13. The molecule has 2 atom stereocenters. The maximum Gasteiger partial charge on any atom is 0.416 e. The molecule has 37 heavy (non-hydrogen) atoms. The third kappa shape index (κ3) is 6.25. The normalized spacial score (nSPS) is 23.2. The van der Waals surface area contributed by atoms with Crippen molar-refractivity contribution in [1.29, 1.82) is 5.41 Å². The number of nitrogens with two attached hydrogens (primary N) is 1. The van der Waals surface area contributed by atoms with E-state index < -0.39 is 23.9 Å². The number of halogens is 3. The average molecular weight is 517 g/mol. The first kappa shape index (κ1) is 26.5. The van der Waals surface area contributed by atoms with Crippen molar-refractivity contribution in [3.8, 4) is 5.75 Å². The Morgan fingerprint density at radius 2 is 1.97 bits per heavy atom. The highest BCUT2D eigenvalue weighted by molar-refractivity contribution is 5.92. The highest BCUT2D eigenvalue weighted by Gasteiger charge is 2.39. The monoisotopic (exact) mass is 516 g/mol. The Kier molecular flexibility index (Phi) is 8.06. The predicted octanol–water partition coefficient (Wildman–Crippen LogP) is 4.38. The van der Waals surface area contributed by atoms with E-state index in [2.05, 4.69) is 4.99 Å². The molecule has 0 bridgehead atoms. The number of ether oxygens (including phenoxy) is 2. The summed E-state index contributed by atoms with van der Waals surface area (Å²) < 4.78 is 53.3. The number of benzene rings is 2. The van der Waals surface area contributed by atoms with E-state index in [1.807, 2.05) is 12.1 Å². The lowest BCUT2D eigenvalue weighted by atomic mass is 9.96. The molecule has 0 unspecified atom stereocenters. The van der Waals surface area contributed by atoms with Crippen LogP contribution in [-0.4, -0.2) is 54.3 Å². The maximum atomic E-state index is 14.1. The largest absolute Gasteiger partial charge is 0.497 e. The van der Waals surface area contributed by atoms with Gasteiger partial charge in [-0.1, -0.05) is 30.3 Å². The van der Waals surface area contributed by atoms with Gasteiger partial charge in [0, 0.05) is 12.1 Å². The molecule has 2 aromatic rings. The zero-order valence-electron chi connectivity index (χ0n) is 20.6. The first-order chi connectivity index (χ1) is 17.7. The molecule has 4 rings (SSSR count).